The van der Waals surface area contributed by atoms with Gasteiger partial charge in [-0.25, -0.2) is 13.8 Å². The van der Waals surface area contributed by atoms with Gasteiger partial charge in [-0.1, -0.05) is 6.07 Å². The summed E-state index contributed by atoms with van der Waals surface area (Å²) in [6.07, 6.45) is 1.64. The number of pyridine rings is 1. The number of aryl methyl sites for hydroxylation is 1. The summed E-state index contributed by atoms with van der Waals surface area (Å²) in [5.41, 5.74) is 0.597. The van der Waals surface area contributed by atoms with Gasteiger partial charge in [0.15, 0.2) is 11.4 Å². The standard InChI is InChI=1S/C17H15F2N3O2/c1-3-24-13-8-5-9-22-15(10(2)20-16(13)22)17(23)21-14-11(18)6-4-7-12(14)19/h4-9H,3H2,1-2H3,(H,21,23). The normalized spacial score (nSPS) is 10.8. The number of halogens is 2. The van der Waals surface area contributed by atoms with E-state index in [-0.39, 0.29) is 5.69 Å². The summed E-state index contributed by atoms with van der Waals surface area (Å²) < 4.78 is 34.5. The Bertz CT molecular complexity index is 901. The molecule has 0 unspecified atom stereocenters. The van der Waals surface area contributed by atoms with Crippen LogP contribution in [-0.2, 0) is 0 Å². The number of fused-ring (bicyclic) bond motifs is 1. The minimum Gasteiger partial charge on any atom is -0.490 e. The van der Waals surface area contributed by atoms with Crippen LogP contribution in [0.1, 0.15) is 23.1 Å². The number of rotatable bonds is 4. The molecule has 0 saturated heterocycles. The second-order valence-corrected chi connectivity index (χ2v) is 5.10. The number of benzene rings is 1. The molecule has 0 spiro atoms. The number of carbonyl (C=O) groups is 1. The molecule has 3 aromatic rings. The zero-order valence-electron chi connectivity index (χ0n) is 13.1. The third-order valence-corrected chi connectivity index (χ3v) is 3.50. The molecular formula is C17H15F2N3O2. The summed E-state index contributed by atoms with van der Waals surface area (Å²) in [7, 11) is 0. The number of hydrogen-bond donors (Lipinski definition) is 1. The summed E-state index contributed by atoms with van der Waals surface area (Å²) in [4.78, 5) is 16.9. The maximum Gasteiger partial charge on any atom is 0.274 e. The van der Waals surface area contributed by atoms with Gasteiger partial charge < -0.3 is 10.1 Å². The minimum absolute atomic E-state index is 0.189. The van der Waals surface area contributed by atoms with Gasteiger partial charge in [-0.15, -0.1) is 0 Å². The van der Waals surface area contributed by atoms with Crippen LogP contribution in [-0.4, -0.2) is 21.9 Å². The molecule has 3 rings (SSSR count). The lowest BCUT2D eigenvalue weighted by Gasteiger charge is -2.09. The molecule has 0 saturated carbocycles. The second kappa shape index (κ2) is 6.27. The fourth-order valence-electron chi connectivity index (χ4n) is 2.49. The number of nitrogens with zero attached hydrogens (tertiary/aromatic N) is 2. The molecule has 0 fully saturated rings. The summed E-state index contributed by atoms with van der Waals surface area (Å²) in [6.45, 7) is 3.94. The first-order valence-corrected chi connectivity index (χ1v) is 7.38. The van der Waals surface area contributed by atoms with E-state index in [0.29, 0.717) is 23.7 Å². The van der Waals surface area contributed by atoms with Crippen molar-refractivity contribution in [2.45, 2.75) is 13.8 Å². The van der Waals surface area contributed by atoms with Crippen molar-refractivity contribution in [2.24, 2.45) is 0 Å². The van der Waals surface area contributed by atoms with Gasteiger partial charge in [0.1, 0.15) is 23.0 Å². The lowest BCUT2D eigenvalue weighted by atomic mass is 10.2. The van der Waals surface area contributed by atoms with Crippen molar-refractivity contribution >= 4 is 17.2 Å². The topological polar surface area (TPSA) is 55.6 Å². The number of ether oxygens (including phenoxy) is 1. The SMILES string of the molecule is CCOc1cccn2c(C(=O)Nc3c(F)cccc3F)c(C)nc12. The molecular weight excluding hydrogens is 316 g/mol. The zero-order chi connectivity index (χ0) is 17.3. The Morgan fingerprint density at radius 1 is 1.25 bits per heavy atom. The molecule has 0 aliphatic carbocycles. The van der Waals surface area contributed by atoms with Gasteiger partial charge in [-0.2, -0.15) is 0 Å². The average molecular weight is 331 g/mol. The van der Waals surface area contributed by atoms with Gasteiger partial charge in [-0.05, 0) is 38.1 Å². The maximum absolute atomic E-state index is 13.7. The molecule has 0 radical (unpaired) electrons. The Labute approximate surface area is 136 Å². The van der Waals surface area contributed by atoms with Crippen LogP contribution < -0.4 is 10.1 Å². The Hall–Kier alpha value is -2.96. The molecule has 24 heavy (non-hydrogen) atoms. The predicted octanol–water partition coefficient (Wildman–Crippen LogP) is 3.57. The molecule has 2 aromatic heterocycles. The highest BCUT2D eigenvalue weighted by molar-refractivity contribution is 6.04. The summed E-state index contributed by atoms with van der Waals surface area (Å²) in [6, 6.07) is 6.83. The van der Waals surface area contributed by atoms with E-state index in [2.05, 4.69) is 10.3 Å². The van der Waals surface area contributed by atoms with Gasteiger partial charge in [0.2, 0.25) is 0 Å². The Morgan fingerprint density at radius 2 is 1.96 bits per heavy atom. The number of aromatic nitrogens is 2. The fourth-order valence-corrected chi connectivity index (χ4v) is 2.49. The zero-order valence-corrected chi connectivity index (χ0v) is 13.1. The minimum atomic E-state index is -0.843. The Morgan fingerprint density at radius 3 is 2.62 bits per heavy atom. The third-order valence-electron chi connectivity index (χ3n) is 3.50. The van der Waals surface area contributed by atoms with Gasteiger partial charge >= 0.3 is 0 Å². The largest absolute Gasteiger partial charge is 0.490 e. The van der Waals surface area contributed by atoms with Crippen LogP contribution >= 0.6 is 0 Å². The molecule has 0 bridgehead atoms. The second-order valence-electron chi connectivity index (χ2n) is 5.10. The van der Waals surface area contributed by atoms with Crippen molar-refractivity contribution in [1.29, 1.82) is 0 Å². The van der Waals surface area contributed by atoms with Crippen LogP contribution in [0.3, 0.4) is 0 Å². The van der Waals surface area contributed by atoms with E-state index in [4.69, 9.17) is 4.74 Å². The Kier molecular flexibility index (Phi) is 4.16. The number of imidazole rings is 1. The molecule has 5 nitrogen and oxygen atoms in total. The molecule has 0 atom stereocenters. The van der Waals surface area contributed by atoms with Crippen molar-refractivity contribution in [3.63, 3.8) is 0 Å². The van der Waals surface area contributed by atoms with E-state index in [1.807, 2.05) is 6.92 Å². The fraction of sp³-hybridized carbons (Fsp3) is 0.176. The molecule has 7 heteroatoms. The number of anilines is 1. The molecule has 0 aliphatic heterocycles. The molecule has 1 amide bonds. The van der Waals surface area contributed by atoms with Crippen LogP contribution in [0.25, 0.3) is 5.65 Å². The highest BCUT2D eigenvalue weighted by atomic mass is 19.1. The van der Waals surface area contributed by atoms with E-state index in [1.54, 1.807) is 25.3 Å². The first kappa shape index (κ1) is 15.9. The molecule has 0 aliphatic rings. The number of amides is 1. The quantitative estimate of drug-likeness (QED) is 0.795. The van der Waals surface area contributed by atoms with Crippen LogP contribution in [0.15, 0.2) is 36.5 Å². The first-order valence-electron chi connectivity index (χ1n) is 7.38. The van der Waals surface area contributed by atoms with Crippen molar-refractivity contribution in [2.75, 3.05) is 11.9 Å². The lowest BCUT2D eigenvalue weighted by molar-refractivity contribution is 0.101. The van der Waals surface area contributed by atoms with Crippen molar-refractivity contribution in [3.05, 3.63) is 59.6 Å². The molecule has 2 heterocycles. The summed E-state index contributed by atoms with van der Waals surface area (Å²) in [5, 5.41) is 2.27. The van der Waals surface area contributed by atoms with Gasteiger partial charge in [-0.3, -0.25) is 9.20 Å². The van der Waals surface area contributed by atoms with Gasteiger partial charge in [0, 0.05) is 6.20 Å². The third kappa shape index (κ3) is 2.68. The predicted molar refractivity (Wildman–Crippen MR) is 85.4 cm³/mol. The smallest absolute Gasteiger partial charge is 0.274 e. The van der Waals surface area contributed by atoms with Crippen LogP contribution in [0.5, 0.6) is 5.75 Å². The molecule has 1 aromatic carbocycles. The van der Waals surface area contributed by atoms with Crippen molar-refractivity contribution in [3.8, 4) is 5.75 Å². The van der Waals surface area contributed by atoms with E-state index < -0.39 is 23.2 Å². The van der Waals surface area contributed by atoms with Crippen molar-refractivity contribution in [1.82, 2.24) is 9.38 Å². The summed E-state index contributed by atoms with van der Waals surface area (Å²) in [5.74, 6) is -1.81. The van der Waals surface area contributed by atoms with Gasteiger partial charge in [0.05, 0.1) is 12.3 Å². The number of carbonyl (C=O) groups excluding carboxylic acids is 1. The summed E-state index contributed by atoms with van der Waals surface area (Å²) >= 11 is 0. The van der Waals surface area contributed by atoms with Crippen LogP contribution in [0.2, 0.25) is 0 Å². The average Bonchev–Trinajstić information content (AvgIpc) is 2.88. The Balaban J connectivity index is 2.04. The number of para-hydroxylation sites is 1. The van der Waals surface area contributed by atoms with E-state index in [0.717, 1.165) is 12.1 Å². The van der Waals surface area contributed by atoms with E-state index in [1.165, 1.54) is 10.5 Å². The maximum atomic E-state index is 13.7. The van der Waals surface area contributed by atoms with E-state index in [9.17, 15) is 13.6 Å². The number of hydrogen-bond acceptors (Lipinski definition) is 3. The number of nitrogens with one attached hydrogen (secondary N) is 1. The highest BCUT2D eigenvalue weighted by Crippen LogP contribution is 2.24. The van der Waals surface area contributed by atoms with Crippen molar-refractivity contribution < 1.29 is 18.3 Å². The molecule has 124 valence electrons. The van der Waals surface area contributed by atoms with Gasteiger partial charge in [0.25, 0.3) is 5.91 Å². The first-order chi connectivity index (χ1) is 11.5. The monoisotopic (exact) mass is 331 g/mol. The van der Waals surface area contributed by atoms with E-state index >= 15 is 0 Å². The molecule has 1 N–H and O–H groups in total. The lowest BCUT2D eigenvalue weighted by Crippen LogP contribution is -2.17. The highest BCUT2D eigenvalue weighted by Gasteiger charge is 2.21. The van der Waals surface area contributed by atoms with Crippen LogP contribution in [0, 0.1) is 18.6 Å². The van der Waals surface area contributed by atoms with Crippen LogP contribution in [0.4, 0.5) is 14.5 Å².